The Hall–Kier alpha value is -1.65. The monoisotopic (exact) mass is 273 g/mol. The lowest BCUT2D eigenvalue weighted by Crippen LogP contribution is -2.21. The van der Waals surface area contributed by atoms with Crippen molar-refractivity contribution in [2.75, 3.05) is 20.3 Å². The number of methoxy groups -OCH3 is 1. The molecule has 20 heavy (non-hydrogen) atoms. The van der Waals surface area contributed by atoms with E-state index in [2.05, 4.69) is 51.5 Å². The summed E-state index contributed by atoms with van der Waals surface area (Å²) in [5.74, 6) is 0. The molecule has 1 aromatic carbocycles. The Labute approximate surface area is 120 Å². The van der Waals surface area contributed by atoms with Crippen LogP contribution in [0.15, 0.2) is 42.6 Å². The molecule has 4 heteroatoms. The van der Waals surface area contributed by atoms with Crippen molar-refractivity contribution in [1.82, 2.24) is 15.1 Å². The summed E-state index contributed by atoms with van der Waals surface area (Å²) >= 11 is 0. The highest BCUT2D eigenvalue weighted by molar-refractivity contribution is 5.14. The molecule has 1 heterocycles. The fraction of sp³-hybridized carbons (Fsp3) is 0.438. The zero-order valence-electron chi connectivity index (χ0n) is 12.1. The maximum atomic E-state index is 5.02. The van der Waals surface area contributed by atoms with Crippen LogP contribution in [0.5, 0.6) is 0 Å². The minimum absolute atomic E-state index is 0.738. The first-order valence-electron chi connectivity index (χ1n) is 7.14. The maximum absolute atomic E-state index is 5.02. The van der Waals surface area contributed by atoms with Gasteiger partial charge in [0.25, 0.3) is 0 Å². The average molecular weight is 273 g/mol. The SMILES string of the molecule is COCCNCc1ccnn1CCCc1ccccc1. The second-order valence-electron chi connectivity index (χ2n) is 4.80. The van der Waals surface area contributed by atoms with Crippen LogP contribution in [0.1, 0.15) is 17.7 Å². The molecule has 108 valence electrons. The minimum atomic E-state index is 0.738. The molecule has 0 unspecified atom stereocenters. The van der Waals surface area contributed by atoms with Gasteiger partial charge < -0.3 is 10.1 Å². The molecule has 2 aromatic rings. The highest BCUT2D eigenvalue weighted by Crippen LogP contribution is 2.05. The van der Waals surface area contributed by atoms with Crippen LogP contribution in [0, 0.1) is 0 Å². The van der Waals surface area contributed by atoms with Gasteiger partial charge in [0.15, 0.2) is 0 Å². The lowest BCUT2D eigenvalue weighted by atomic mass is 10.1. The number of benzene rings is 1. The Morgan fingerprint density at radius 3 is 2.85 bits per heavy atom. The number of rotatable bonds is 9. The van der Waals surface area contributed by atoms with E-state index in [1.165, 1.54) is 11.3 Å². The first-order chi connectivity index (χ1) is 9.90. The van der Waals surface area contributed by atoms with Gasteiger partial charge >= 0.3 is 0 Å². The topological polar surface area (TPSA) is 39.1 Å². The fourth-order valence-corrected chi connectivity index (χ4v) is 2.18. The third kappa shape index (κ3) is 4.79. The van der Waals surface area contributed by atoms with E-state index in [0.717, 1.165) is 39.1 Å². The zero-order chi connectivity index (χ0) is 14.0. The van der Waals surface area contributed by atoms with Gasteiger partial charge in [-0.2, -0.15) is 5.10 Å². The van der Waals surface area contributed by atoms with Crippen LogP contribution in [-0.4, -0.2) is 30.0 Å². The molecular formula is C16H23N3O. The lowest BCUT2D eigenvalue weighted by Gasteiger charge is -2.08. The molecule has 0 atom stereocenters. The van der Waals surface area contributed by atoms with Crippen LogP contribution in [0.2, 0.25) is 0 Å². The summed E-state index contributed by atoms with van der Waals surface area (Å²) in [6, 6.07) is 12.7. The molecule has 4 nitrogen and oxygen atoms in total. The number of nitrogens with one attached hydrogen (secondary N) is 1. The molecule has 1 N–H and O–H groups in total. The standard InChI is InChI=1S/C16H23N3O/c1-20-13-11-17-14-16-9-10-18-19(16)12-5-8-15-6-3-2-4-7-15/h2-4,6-7,9-10,17H,5,8,11-14H2,1H3. The van der Waals surface area contributed by atoms with E-state index >= 15 is 0 Å². The number of aryl methyl sites for hydroxylation is 2. The number of hydrogen-bond acceptors (Lipinski definition) is 3. The Bertz CT molecular complexity index is 481. The predicted octanol–water partition coefficient (Wildman–Crippen LogP) is 2.25. The molecule has 0 aliphatic heterocycles. The molecule has 0 saturated heterocycles. The van der Waals surface area contributed by atoms with Crippen LogP contribution in [0.3, 0.4) is 0 Å². The first-order valence-corrected chi connectivity index (χ1v) is 7.14. The largest absolute Gasteiger partial charge is 0.383 e. The predicted molar refractivity (Wildman–Crippen MR) is 80.6 cm³/mol. The van der Waals surface area contributed by atoms with E-state index in [1.54, 1.807) is 7.11 Å². The quantitative estimate of drug-likeness (QED) is 0.712. The summed E-state index contributed by atoms with van der Waals surface area (Å²) < 4.78 is 7.11. The summed E-state index contributed by atoms with van der Waals surface area (Å²) in [5.41, 5.74) is 2.62. The Balaban J connectivity index is 1.74. The summed E-state index contributed by atoms with van der Waals surface area (Å²) in [7, 11) is 1.72. The summed E-state index contributed by atoms with van der Waals surface area (Å²) in [5, 5.41) is 7.74. The van der Waals surface area contributed by atoms with Crippen molar-refractivity contribution in [1.29, 1.82) is 0 Å². The molecule has 0 bridgehead atoms. The van der Waals surface area contributed by atoms with Crippen molar-refractivity contribution >= 4 is 0 Å². The van der Waals surface area contributed by atoms with Gasteiger partial charge in [-0.3, -0.25) is 4.68 Å². The fourth-order valence-electron chi connectivity index (χ4n) is 2.18. The van der Waals surface area contributed by atoms with Crippen LogP contribution >= 0.6 is 0 Å². The van der Waals surface area contributed by atoms with E-state index in [0.29, 0.717) is 0 Å². The molecule has 1 aromatic heterocycles. The minimum Gasteiger partial charge on any atom is -0.383 e. The highest BCUT2D eigenvalue weighted by atomic mass is 16.5. The third-order valence-corrected chi connectivity index (χ3v) is 3.27. The van der Waals surface area contributed by atoms with Crippen LogP contribution in [0.4, 0.5) is 0 Å². The summed E-state index contributed by atoms with van der Waals surface area (Å²) in [6.45, 7) is 3.41. The molecule has 0 fully saturated rings. The number of aromatic nitrogens is 2. The molecule has 0 aliphatic carbocycles. The normalized spacial score (nSPS) is 10.8. The van der Waals surface area contributed by atoms with E-state index in [-0.39, 0.29) is 0 Å². The van der Waals surface area contributed by atoms with Gasteiger partial charge in [-0.25, -0.2) is 0 Å². The first kappa shape index (κ1) is 14.8. The number of nitrogens with zero attached hydrogens (tertiary/aromatic N) is 2. The zero-order valence-corrected chi connectivity index (χ0v) is 12.1. The van der Waals surface area contributed by atoms with Gasteiger partial charge in [-0.1, -0.05) is 30.3 Å². The molecule has 0 saturated carbocycles. The van der Waals surface area contributed by atoms with Crippen LogP contribution < -0.4 is 5.32 Å². The Morgan fingerprint density at radius 1 is 1.20 bits per heavy atom. The van der Waals surface area contributed by atoms with Gasteiger partial charge in [-0.15, -0.1) is 0 Å². The summed E-state index contributed by atoms with van der Waals surface area (Å²) in [6.07, 6.45) is 4.07. The van der Waals surface area contributed by atoms with Crippen molar-refractivity contribution in [2.45, 2.75) is 25.9 Å². The van der Waals surface area contributed by atoms with Crippen LogP contribution in [0.25, 0.3) is 0 Å². The van der Waals surface area contributed by atoms with E-state index < -0.39 is 0 Å². The van der Waals surface area contributed by atoms with Crippen molar-refractivity contribution in [3.63, 3.8) is 0 Å². The van der Waals surface area contributed by atoms with Gasteiger partial charge in [0.05, 0.1) is 12.3 Å². The van der Waals surface area contributed by atoms with E-state index in [1.807, 2.05) is 6.20 Å². The molecule has 0 aliphatic rings. The van der Waals surface area contributed by atoms with Crippen LogP contribution in [-0.2, 0) is 24.2 Å². The van der Waals surface area contributed by atoms with Gasteiger partial charge in [0.2, 0.25) is 0 Å². The molecular weight excluding hydrogens is 250 g/mol. The summed E-state index contributed by atoms with van der Waals surface area (Å²) in [4.78, 5) is 0. The molecule has 0 radical (unpaired) electrons. The van der Waals surface area contributed by atoms with Gasteiger partial charge in [0, 0.05) is 32.9 Å². The Morgan fingerprint density at radius 2 is 2.05 bits per heavy atom. The molecule has 2 rings (SSSR count). The average Bonchev–Trinajstić information content (AvgIpc) is 2.92. The van der Waals surface area contributed by atoms with Crippen molar-refractivity contribution in [3.8, 4) is 0 Å². The smallest absolute Gasteiger partial charge is 0.0587 e. The maximum Gasteiger partial charge on any atom is 0.0587 e. The van der Waals surface area contributed by atoms with Gasteiger partial charge in [-0.05, 0) is 24.5 Å². The van der Waals surface area contributed by atoms with Crippen molar-refractivity contribution < 1.29 is 4.74 Å². The Kier molecular flexibility index (Phi) is 6.27. The second-order valence-corrected chi connectivity index (χ2v) is 4.80. The number of ether oxygens (including phenoxy) is 1. The third-order valence-electron chi connectivity index (χ3n) is 3.27. The highest BCUT2D eigenvalue weighted by Gasteiger charge is 2.02. The van der Waals surface area contributed by atoms with E-state index in [4.69, 9.17) is 4.74 Å². The van der Waals surface area contributed by atoms with Crippen molar-refractivity contribution in [3.05, 3.63) is 53.9 Å². The lowest BCUT2D eigenvalue weighted by molar-refractivity contribution is 0.199. The second kappa shape index (κ2) is 8.51. The van der Waals surface area contributed by atoms with Crippen molar-refractivity contribution in [2.24, 2.45) is 0 Å². The molecule has 0 amide bonds. The molecule has 0 spiro atoms. The van der Waals surface area contributed by atoms with E-state index in [9.17, 15) is 0 Å². The number of hydrogen-bond donors (Lipinski definition) is 1. The van der Waals surface area contributed by atoms with Gasteiger partial charge in [0.1, 0.15) is 0 Å².